The largest absolute Gasteiger partial charge is 0.493 e. The topological polar surface area (TPSA) is 40.2 Å². The van der Waals surface area contributed by atoms with Crippen LogP contribution in [0, 0.1) is 0 Å². The van der Waals surface area contributed by atoms with Crippen molar-refractivity contribution in [2.24, 2.45) is 0 Å². The van der Waals surface area contributed by atoms with E-state index in [1.54, 1.807) is 21.3 Å². The van der Waals surface area contributed by atoms with E-state index in [9.17, 15) is 0 Å². The first kappa shape index (κ1) is 19.5. The highest BCUT2D eigenvalue weighted by molar-refractivity contribution is 5.53. The number of rotatable bonds is 9. The summed E-state index contributed by atoms with van der Waals surface area (Å²) in [4.78, 5) is 2.42. The average Bonchev–Trinajstić information content (AvgIpc) is 3.20. The van der Waals surface area contributed by atoms with Gasteiger partial charge in [0, 0.05) is 26.2 Å². The third kappa shape index (κ3) is 5.15. The van der Waals surface area contributed by atoms with Gasteiger partial charge >= 0.3 is 0 Å². The van der Waals surface area contributed by atoms with Crippen molar-refractivity contribution >= 4 is 0 Å². The maximum Gasteiger partial charge on any atom is 0.203 e. The molecule has 1 heterocycles. The second kappa shape index (κ2) is 9.62. The highest BCUT2D eigenvalue weighted by Crippen LogP contribution is 2.38. The van der Waals surface area contributed by atoms with Crippen molar-refractivity contribution in [3.05, 3.63) is 53.6 Å². The molecule has 0 saturated carbocycles. The monoisotopic (exact) mass is 371 g/mol. The number of ether oxygens (including phenoxy) is 4. The van der Waals surface area contributed by atoms with Gasteiger partial charge in [-0.05, 0) is 36.1 Å². The number of benzene rings is 2. The van der Waals surface area contributed by atoms with Crippen LogP contribution in [0.1, 0.15) is 24.0 Å². The van der Waals surface area contributed by atoms with Crippen LogP contribution in [0.2, 0.25) is 0 Å². The van der Waals surface area contributed by atoms with Crippen molar-refractivity contribution in [2.45, 2.75) is 32.0 Å². The minimum Gasteiger partial charge on any atom is -0.493 e. The van der Waals surface area contributed by atoms with Crippen molar-refractivity contribution in [2.75, 3.05) is 34.5 Å². The minimum absolute atomic E-state index is 0.302. The molecule has 2 aromatic rings. The fourth-order valence-corrected chi connectivity index (χ4v) is 3.59. The van der Waals surface area contributed by atoms with E-state index in [-0.39, 0.29) is 0 Å². The third-order valence-corrected chi connectivity index (χ3v) is 4.87. The predicted octanol–water partition coefficient (Wildman–Crippen LogP) is 3.89. The Bertz CT molecular complexity index is 689. The molecule has 0 spiro atoms. The standard InChI is InChI=1S/C22H29NO4/c1-24-20-12-18(13-21(25-2)22(20)26-3)15-23(16-19-10-7-11-27-19)14-17-8-5-4-6-9-17/h4-6,8-9,12-13,19H,7,10-11,14-16H2,1-3H3/t19-/m1/s1. The van der Waals surface area contributed by atoms with Gasteiger partial charge in [0.05, 0.1) is 27.4 Å². The highest BCUT2D eigenvalue weighted by atomic mass is 16.5. The Kier molecular flexibility index (Phi) is 6.96. The number of nitrogens with zero attached hydrogens (tertiary/aromatic N) is 1. The SMILES string of the molecule is COc1cc(CN(Cc2ccccc2)C[C@H]2CCCO2)cc(OC)c1OC. The van der Waals surface area contributed by atoms with E-state index in [1.165, 1.54) is 5.56 Å². The van der Waals surface area contributed by atoms with E-state index in [0.717, 1.165) is 44.6 Å². The molecule has 5 nitrogen and oxygen atoms in total. The Morgan fingerprint density at radius 3 is 2.15 bits per heavy atom. The lowest BCUT2D eigenvalue weighted by molar-refractivity contribution is 0.0678. The Labute approximate surface area is 161 Å². The predicted molar refractivity (Wildman–Crippen MR) is 106 cm³/mol. The van der Waals surface area contributed by atoms with E-state index in [2.05, 4.69) is 29.2 Å². The van der Waals surface area contributed by atoms with E-state index >= 15 is 0 Å². The summed E-state index contributed by atoms with van der Waals surface area (Å²) in [6, 6.07) is 14.6. The first-order valence-electron chi connectivity index (χ1n) is 9.40. The summed E-state index contributed by atoms with van der Waals surface area (Å²) in [5.74, 6) is 1.99. The van der Waals surface area contributed by atoms with Crippen LogP contribution in [0.25, 0.3) is 0 Å². The number of hydrogen-bond donors (Lipinski definition) is 0. The van der Waals surface area contributed by atoms with Crippen molar-refractivity contribution in [3.63, 3.8) is 0 Å². The molecule has 0 bridgehead atoms. The van der Waals surface area contributed by atoms with E-state index in [1.807, 2.05) is 18.2 Å². The molecular weight excluding hydrogens is 342 g/mol. The molecule has 0 amide bonds. The molecule has 2 aromatic carbocycles. The van der Waals surface area contributed by atoms with E-state index in [0.29, 0.717) is 23.4 Å². The van der Waals surface area contributed by atoms with E-state index < -0.39 is 0 Å². The van der Waals surface area contributed by atoms with Crippen LogP contribution in [0.3, 0.4) is 0 Å². The molecule has 146 valence electrons. The zero-order valence-corrected chi connectivity index (χ0v) is 16.4. The van der Waals surface area contributed by atoms with Crippen LogP contribution in [-0.2, 0) is 17.8 Å². The van der Waals surface area contributed by atoms with Crippen LogP contribution < -0.4 is 14.2 Å². The summed E-state index contributed by atoms with van der Waals surface area (Å²) >= 11 is 0. The summed E-state index contributed by atoms with van der Waals surface area (Å²) in [6.07, 6.45) is 2.57. The Morgan fingerprint density at radius 2 is 1.59 bits per heavy atom. The van der Waals surface area contributed by atoms with Gasteiger partial charge in [0.25, 0.3) is 0 Å². The zero-order valence-electron chi connectivity index (χ0n) is 16.4. The van der Waals surface area contributed by atoms with Crippen molar-refractivity contribution in [3.8, 4) is 17.2 Å². The van der Waals surface area contributed by atoms with Crippen molar-refractivity contribution in [1.29, 1.82) is 0 Å². The fourth-order valence-electron chi connectivity index (χ4n) is 3.59. The van der Waals surface area contributed by atoms with Crippen LogP contribution >= 0.6 is 0 Å². The molecule has 1 saturated heterocycles. The molecular formula is C22H29NO4. The summed E-state index contributed by atoms with van der Waals surface area (Å²) in [5, 5.41) is 0. The fraction of sp³-hybridized carbons (Fsp3) is 0.455. The van der Waals surface area contributed by atoms with Gasteiger partial charge in [-0.1, -0.05) is 30.3 Å². The third-order valence-electron chi connectivity index (χ3n) is 4.87. The molecule has 27 heavy (non-hydrogen) atoms. The average molecular weight is 371 g/mol. The van der Waals surface area contributed by atoms with Gasteiger partial charge in [-0.25, -0.2) is 0 Å². The van der Waals surface area contributed by atoms with Crippen molar-refractivity contribution < 1.29 is 18.9 Å². The van der Waals surface area contributed by atoms with Crippen LogP contribution in [0.5, 0.6) is 17.2 Å². The van der Waals surface area contributed by atoms with Crippen LogP contribution in [0.15, 0.2) is 42.5 Å². The van der Waals surface area contributed by atoms with Crippen LogP contribution in [-0.4, -0.2) is 45.5 Å². The molecule has 3 rings (SSSR count). The molecule has 1 fully saturated rings. The van der Waals surface area contributed by atoms with Gasteiger partial charge in [0.1, 0.15) is 0 Å². The summed E-state index contributed by atoms with van der Waals surface area (Å²) in [5.41, 5.74) is 2.42. The van der Waals surface area contributed by atoms with Gasteiger partial charge in [-0.3, -0.25) is 4.90 Å². The Morgan fingerprint density at radius 1 is 0.926 bits per heavy atom. The first-order valence-corrected chi connectivity index (χ1v) is 9.40. The number of hydrogen-bond acceptors (Lipinski definition) is 5. The van der Waals surface area contributed by atoms with Crippen LogP contribution in [0.4, 0.5) is 0 Å². The molecule has 0 radical (unpaired) electrons. The summed E-state index contributed by atoms with van der Waals surface area (Å²) in [6.45, 7) is 3.43. The van der Waals surface area contributed by atoms with Gasteiger partial charge in [-0.2, -0.15) is 0 Å². The van der Waals surface area contributed by atoms with Crippen molar-refractivity contribution in [1.82, 2.24) is 4.90 Å². The molecule has 5 heteroatoms. The zero-order chi connectivity index (χ0) is 19.1. The second-order valence-corrected chi connectivity index (χ2v) is 6.82. The molecule has 0 unspecified atom stereocenters. The lowest BCUT2D eigenvalue weighted by Crippen LogP contribution is -2.31. The minimum atomic E-state index is 0.302. The summed E-state index contributed by atoms with van der Waals surface area (Å²) in [7, 11) is 4.92. The van der Waals surface area contributed by atoms with Gasteiger partial charge in [-0.15, -0.1) is 0 Å². The molecule has 1 aliphatic heterocycles. The van der Waals surface area contributed by atoms with Gasteiger partial charge in [0.2, 0.25) is 5.75 Å². The molecule has 0 aliphatic carbocycles. The normalized spacial score (nSPS) is 16.5. The second-order valence-electron chi connectivity index (χ2n) is 6.82. The lowest BCUT2D eigenvalue weighted by Gasteiger charge is -2.26. The van der Waals surface area contributed by atoms with Gasteiger partial charge in [0.15, 0.2) is 11.5 Å². The maximum absolute atomic E-state index is 5.87. The Hall–Kier alpha value is -2.24. The smallest absolute Gasteiger partial charge is 0.203 e. The quantitative estimate of drug-likeness (QED) is 0.669. The Balaban J connectivity index is 1.81. The maximum atomic E-state index is 5.87. The summed E-state index contributed by atoms with van der Waals surface area (Å²) < 4.78 is 22.3. The molecule has 0 N–H and O–H groups in total. The van der Waals surface area contributed by atoms with Gasteiger partial charge < -0.3 is 18.9 Å². The van der Waals surface area contributed by atoms with E-state index in [4.69, 9.17) is 18.9 Å². The lowest BCUT2D eigenvalue weighted by atomic mass is 10.1. The highest BCUT2D eigenvalue weighted by Gasteiger charge is 2.21. The first-order chi connectivity index (χ1) is 13.2. The molecule has 1 atom stereocenters. The molecule has 0 aromatic heterocycles. The molecule has 1 aliphatic rings. The number of methoxy groups -OCH3 is 3.